The van der Waals surface area contributed by atoms with E-state index in [1.807, 2.05) is 12.1 Å². The van der Waals surface area contributed by atoms with E-state index in [0.29, 0.717) is 0 Å². The number of aliphatic hydroxyl groups excluding tert-OH is 1. The van der Waals surface area contributed by atoms with Crippen molar-refractivity contribution in [3.8, 4) is 0 Å². The van der Waals surface area contributed by atoms with Crippen LogP contribution in [0, 0.1) is 0 Å². The van der Waals surface area contributed by atoms with Crippen molar-refractivity contribution in [2.45, 2.75) is 36.2 Å². The van der Waals surface area contributed by atoms with Gasteiger partial charge in [-0.25, -0.2) is 14.0 Å². The topological polar surface area (TPSA) is 91.3 Å². The average molecular weight is 436 g/mol. The molecule has 9 heteroatoms. The molecule has 0 aliphatic carbocycles. The first-order valence-electron chi connectivity index (χ1n) is 9.21. The van der Waals surface area contributed by atoms with Crippen LogP contribution in [0.1, 0.15) is 11.1 Å². The van der Waals surface area contributed by atoms with Crippen LogP contribution in [-0.2, 0) is 32.2 Å². The zero-order chi connectivity index (χ0) is 21.3. The van der Waals surface area contributed by atoms with Crippen molar-refractivity contribution in [2.75, 3.05) is 6.61 Å². The number of carbonyl (C=O) groups excluding carboxylic acids is 2. The fraction of sp³-hybridized carbons (Fsp3) is 0.333. The molecule has 7 nitrogen and oxygen atoms in total. The fourth-order valence-corrected chi connectivity index (χ4v) is 3.91. The maximum absolute atomic E-state index is 14.3. The fourth-order valence-electron chi connectivity index (χ4n) is 2.74. The minimum absolute atomic E-state index is 0.0254. The number of aliphatic hydroxyl groups is 1. The lowest BCUT2D eigenvalue weighted by Gasteiger charge is -2.19. The summed E-state index contributed by atoms with van der Waals surface area (Å²) in [6.07, 6.45) is -5.18. The van der Waals surface area contributed by atoms with E-state index >= 15 is 0 Å². The molecule has 160 valence electrons. The zero-order valence-electron chi connectivity index (χ0n) is 15.9. The normalized spacial score (nSPS) is 22.9. The number of rotatable bonds is 7. The summed E-state index contributed by atoms with van der Waals surface area (Å²) in [5, 5.41) is 8.96. The molecule has 1 aliphatic heterocycles. The second-order valence-corrected chi connectivity index (χ2v) is 7.81. The SMILES string of the molecule is O=C(OCc1ccccc1)OC[C@H]1SC(O)[C@@H](F)[C@@H]1OC(=O)OCc1ccccc1. The van der Waals surface area contributed by atoms with Crippen LogP contribution >= 0.6 is 11.8 Å². The highest BCUT2D eigenvalue weighted by Gasteiger charge is 2.47. The van der Waals surface area contributed by atoms with Crippen LogP contribution < -0.4 is 0 Å². The number of ether oxygens (including phenoxy) is 4. The van der Waals surface area contributed by atoms with Gasteiger partial charge in [0.25, 0.3) is 0 Å². The summed E-state index contributed by atoms with van der Waals surface area (Å²) < 4.78 is 34.3. The predicted molar refractivity (Wildman–Crippen MR) is 106 cm³/mol. The summed E-state index contributed by atoms with van der Waals surface area (Å²) in [4.78, 5) is 23.7. The van der Waals surface area contributed by atoms with Gasteiger partial charge in [-0.15, -0.1) is 11.8 Å². The van der Waals surface area contributed by atoms with Crippen molar-refractivity contribution in [1.29, 1.82) is 0 Å². The van der Waals surface area contributed by atoms with Gasteiger partial charge in [-0.2, -0.15) is 0 Å². The van der Waals surface area contributed by atoms with E-state index in [-0.39, 0.29) is 19.8 Å². The summed E-state index contributed by atoms with van der Waals surface area (Å²) in [6, 6.07) is 17.9. The van der Waals surface area contributed by atoms with Gasteiger partial charge in [0.15, 0.2) is 12.3 Å². The second-order valence-electron chi connectivity index (χ2n) is 6.45. The van der Waals surface area contributed by atoms with Crippen molar-refractivity contribution in [3.05, 3.63) is 71.8 Å². The van der Waals surface area contributed by atoms with E-state index in [2.05, 4.69) is 0 Å². The highest BCUT2D eigenvalue weighted by molar-refractivity contribution is 8.00. The Morgan fingerprint density at radius 3 is 1.97 bits per heavy atom. The van der Waals surface area contributed by atoms with Gasteiger partial charge in [-0.3, -0.25) is 0 Å². The Kier molecular flexibility index (Phi) is 7.92. The molecule has 4 atom stereocenters. The van der Waals surface area contributed by atoms with Gasteiger partial charge in [-0.05, 0) is 11.1 Å². The maximum Gasteiger partial charge on any atom is 0.509 e. The first kappa shape index (κ1) is 21.9. The zero-order valence-corrected chi connectivity index (χ0v) is 16.7. The molecule has 1 aliphatic rings. The quantitative estimate of drug-likeness (QED) is 0.655. The third-order valence-electron chi connectivity index (χ3n) is 4.26. The van der Waals surface area contributed by atoms with Crippen molar-refractivity contribution >= 4 is 24.1 Å². The molecule has 0 aromatic heterocycles. The van der Waals surface area contributed by atoms with Crippen molar-refractivity contribution < 1.29 is 38.0 Å². The molecule has 0 spiro atoms. The largest absolute Gasteiger partial charge is 0.509 e. The monoisotopic (exact) mass is 436 g/mol. The number of thioether (sulfide) groups is 1. The molecule has 0 saturated carbocycles. The van der Waals surface area contributed by atoms with Gasteiger partial charge in [0.1, 0.15) is 25.3 Å². The second kappa shape index (κ2) is 10.8. The molecule has 0 bridgehead atoms. The Morgan fingerprint density at radius 1 is 0.867 bits per heavy atom. The van der Waals surface area contributed by atoms with Gasteiger partial charge >= 0.3 is 12.3 Å². The first-order valence-corrected chi connectivity index (χ1v) is 10.2. The molecule has 0 amide bonds. The molecule has 3 rings (SSSR count). The lowest BCUT2D eigenvalue weighted by Crippen LogP contribution is -2.36. The highest BCUT2D eigenvalue weighted by atomic mass is 32.2. The molecule has 1 fully saturated rings. The number of halogens is 1. The summed E-state index contributed by atoms with van der Waals surface area (Å²) in [7, 11) is 0. The number of hydrogen-bond acceptors (Lipinski definition) is 8. The lowest BCUT2D eigenvalue weighted by molar-refractivity contribution is -0.0277. The van der Waals surface area contributed by atoms with Crippen LogP contribution in [0.3, 0.4) is 0 Å². The molecule has 1 N–H and O–H groups in total. The predicted octanol–water partition coefficient (Wildman–Crippen LogP) is 3.83. The van der Waals surface area contributed by atoms with E-state index in [9.17, 15) is 19.1 Å². The van der Waals surface area contributed by atoms with Gasteiger partial charge in [0.2, 0.25) is 0 Å². The summed E-state index contributed by atoms with van der Waals surface area (Å²) in [5.74, 6) is 0. The van der Waals surface area contributed by atoms with Crippen LogP contribution in [0.5, 0.6) is 0 Å². The molecule has 1 unspecified atom stereocenters. The van der Waals surface area contributed by atoms with E-state index in [1.54, 1.807) is 48.5 Å². The van der Waals surface area contributed by atoms with Crippen LogP contribution in [0.15, 0.2) is 60.7 Å². The minimum atomic E-state index is -1.84. The first-order chi connectivity index (χ1) is 14.5. The van der Waals surface area contributed by atoms with E-state index in [1.165, 1.54) is 0 Å². The molecule has 0 radical (unpaired) electrons. The molecule has 1 saturated heterocycles. The van der Waals surface area contributed by atoms with Crippen molar-refractivity contribution in [2.24, 2.45) is 0 Å². The van der Waals surface area contributed by atoms with Gasteiger partial charge in [0.05, 0.1) is 5.25 Å². The average Bonchev–Trinajstić information content (AvgIpc) is 3.04. The standard InChI is InChI=1S/C21H21FO7S/c22-17-18(29-21(25)27-12-15-9-5-2-6-10-15)16(30-19(17)23)13-28-20(24)26-11-14-7-3-1-4-8-14/h1-10,16-19,23H,11-13H2/t16-,17+,18-,19?/m1/s1. The summed E-state index contributed by atoms with van der Waals surface area (Å²) in [6.45, 7) is -0.310. The smallest absolute Gasteiger partial charge is 0.433 e. The minimum Gasteiger partial charge on any atom is -0.433 e. The number of hydrogen-bond donors (Lipinski definition) is 1. The third kappa shape index (κ3) is 6.36. The number of carbonyl (C=O) groups is 2. The van der Waals surface area contributed by atoms with Crippen molar-refractivity contribution in [3.63, 3.8) is 0 Å². The molecule has 30 heavy (non-hydrogen) atoms. The van der Waals surface area contributed by atoms with E-state index < -0.39 is 35.3 Å². The van der Waals surface area contributed by atoms with Gasteiger partial charge < -0.3 is 24.1 Å². The lowest BCUT2D eigenvalue weighted by atomic mass is 10.2. The van der Waals surface area contributed by atoms with Crippen LogP contribution in [0.4, 0.5) is 14.0 Å². The highest BCUT2D eigenvalue weighted by Crippen LogP contribution is 2.37. The Bertz CT molecular complexity index is 821. The summed E-state index contributed by atoms with van der Waals surface area (Å²) in [5.41, 5.74) is 0.116. The molecule has 1 heterocycles. The summed E-state index contributed by atoms with van der Waals surface area (Å²) >= 11 is 0.810. The van der Waals surface area contributed by atoms with E-state index in [4.69, 9.17) is 18.9 Å². The third-order valence-corrected chi connectivity index (χ3v) is 5.56. The van der Waals surface area contributed by atoms with Gasteiger partial charge in [0, 0.05) is 0 Å². The van der Waals surface area contributed by atoms with Crippen LogP contribution in [0.2, 0.25) is 0 Å². The van der Waals surface area contributed by atoms with E-state index in [0.717, 1.165) is 22.9 Å². The van der Waals surface area contributed by atoms with Crippen LogP contribution in [-0.4, -0.2) is 47.0 Å². The van der Waals surface area contributed by atoms with Crippen molar-refractivity contribution in [1.82, 2.24) is 0 Å². The maximum atomic E-state index is 14.3. The Morgan fingerprint density at radius 2 is 1.40 bits per heavy atom. The Hall–Kier alpha value is -2.78. The Labute approximate surface area is 177 Å². The molecular weight excluding hydrogens is 415 g/mol. The molecular formula is C21H21FO7S. The Balaban J connectivity index is 1.45. The van der Waals surface area contributed by atoms with Gasteiger partial charge in [-0.1, -0.05) is 60.7 Å². The number of alkyl halides is 1. The van der Waals surface area contributed by atoms with Crippen LogP contribution in [0.25, 0.3) is 0 Å². The molecule has 2 aromatic carbocycles. The molecule has 2 aromatic rings. The number of benzene rings is 2.